The van der Waals surface area contributed by atoms with Gasteiger partial charge in [0.15, 0.2) is 0 Å². The summed E-state index contributed by atoms with van der Waals surface area (Å²) >= 11 is 0. The van der Waals surface area contributed by atoms with Crippen LogP contribution in [0.5, 0.6) is 5.75 Å². The van der Waals surface area contributed by atoms with Gasteiger partial charge >= 0.3 is 0 Å². The lowest BCUT2D eigenvalue weighted by Gasteiger charge is -2.12. The summed E-state index contributed by atoms with van der Waals surface area (Å²) in [5, 5.41) is 11.0. The van der Waals surface area contributed by atoms with Crippen molar-refractivity contribution in [2.45, 2.75) is 32.6 Å². The van der Waals surface area contributed by atoms with Gasteiger partial charge in [-0.25, -0.2) is 0 Å². The van der Waals surface area contributed by atoms with Crippen molar-refractivity contribution in [3.63, 3.8) is 0 Å². The van der Waals surface area contributed by atoms with Crippen LogP contribution in [-0.2, 0) is 0 Å². The van der Waals surface area contributed by atoms with E-state index in [1.54, 1.807) is 24.3 Å². The van der Waals surface area contributed by atoms with Gasteiger partial charge in [0.25, 0.3) is 17.5 Å². The van der Waals surface area contributed by atoms with Crippen molar-refractivity contribution in [1.82, 2.24) is 10.9 Å². The van der Waals surface area contributed by atoms with Gasteiger partial charge in [-0.2, -0.15) is 0 Å². The van der Waals surface area contributed by atoms with Crippen LogP contribution in [0.1, 0.15) is 53.3 Å². The van der Waals surface area contributed by atoms with E-state index in [1.165, 1.54) is 24.3 Å². The summed E-state index contributed by atoms with van der Waals surface area (Å²) in [7, 11) is 0. The lowest BCUT2D eigenvalue weighted by molar-refractivity contribution is -0.385. The summed E-state index contributed by atoms with van der Waals surface area (Å²) in [6, 6.07) is 12.2. The molecule has 0 aliphatic heterocycles. The second-order valence-corrected chi connectivity index (χ2v) is 6.09. The molecule has 0 aliphatic rings. The number of nitrogens with zero attached hydrogens (tertiary/aromatic N) is 1. The average molecular weight is 385 g/mol. The van der Waals surface area contributed by atoms with Gasteiger partial charge in [-0.15, -0.1) is 0 Å². The van der Waals surface area contributed by atoms with Gasteiger partial charge in [-0.1, -0.05) is 50.5 Å². The number of para-hydroxylation sites is 2. The smallest absolute Gasteiger partial charge is 0.282 e. The third-order valence-corrected chi connectivity index (χ3v) is 4.02. The molecule has 0 bridgehead atoms. The molecule has 0 aliphatic carbocycles. The predicted molar refractivity (Wildman–Crippen MR) is 104 cm³/mol. The Morgan fingerprint density at radius 3 is 2.21 bits per heavy atom. The molecule has 0 atom stereocenters. The van der Waals surface area contributed by atoms with Gasteiger partial charge < -0.3 is 4.74 Å². The lowest BCUT2D eigenvalue weighted by atomic mass is 10.1. The van der Waals surface area contributed by atoms with Crippen LogP contribution in [0.3, 0.4) is 0 Å². The molecule has 0 heterocycles. The van der Waals surface area contributed by atoms with Crippen LogP contribution in [0.4, 0.5) is 5.69 Å². The first-order valence-corrected chi connectivity index (χ1v) is 9.10. The van der Waals surface area contributed by atoms with Crippen molar-refractivity contribution < 1.29 is 19.2 Å². The van der Waals surface area contributed by atoms with Gasteiger partial charge in [-0.05, 0) is 24.6 Å². The first kappa shape index (κ1) is 20.9. The van der Waals surface area contributed by atoms with Crippen molar-refractivity contribution >= 4 is 17.5 Å². The van der Waals surface area contributed by atoms with Crippen LogP contribution in [0.2, 0.25) is 0 Å². The van der Waals surface area contributed by atoms with E-state index in [2.05, 4.69) is 17.8 Å². The van der Waals surface area contributed by atoms with E-state index in [0.717, 1.165) is 25.7 Å². The van der Waals surface area contributed by atoms with Crippen molar-refractivity contribution in [3.05, 3.63) is 69.8 Å². The summed E-state index contributed by atoms with van der Waals surface area (Å²) in [6.45, 7) is 2.62. The van der Waals surface area contributed by atoms with Crippen molar-refractivity contribution in [2.24, 2.45) is 0 Å². The molecule has 0 spiro atoms. The zero-order chi connectivity index (χ0) is 20.4. The minimum atomic E-state index is -0.779. The van der Waals surface area contributed by atoms with Gasteiger partial charge in [0.1, 0.15) is 11.3 Å². The van der Waals surface area contributed by atoms with Crippen LogP contribution in [0, 0.1) is 10.1 Å². The van der Waals surface area contributed by atoms with E-state index in [4.69, 9.17) is 4.74 Å². The van der Waals surface area contributed by atoms with Crippen molar-refractivity contribution in [3.8, 4) is 5.75 Å². The molecule has 0 aromatic heterocycles. The number of ether oxygens (including phenoxy) is 1. The van der Waals surface area contributed by atoms with Gasteiger partial charge in [0.05, 0.1) is 17.1 Å². The maximum absolute atomic E-state index is 12.4. The highest BCUT2D eigenvalue weighted by atomic mass is 16.6. The minimum Gasteiger partial charge on any atom is -0.493 e. The van der Waals surface area contributed by atoms with E-state index in [9.17, 15) is 19.7 Å². The number of unbranched alkanes of at least 4 members (excludes halogenated alkanes) is 3. The second kappa shape index (κ2) is 10.7. The maximum atomic E-state index is 12.4. The highest BCUT2D eigenvalue weighted by molar-refractivity contribution is 6.02. The van der Waals surface area contributed by atoms with Crippen LogP contribution >= 0.6 is 0 Å². The summed E-state index contributed by atoms with van der Waals surface area (Å²) in [5.41, 5.74) is 4.26. The van der Waals surface area contributed by atoms with E-state index in [1.807, 2.05) is 0 Å². The summed E-state index contributed by atoms with van der Waals surface area (Å²) in [5.74, 6) is -0.939. The number of hydrogen-bond acceptors (Lipinski definition) is 5. The Morgan fingerprint density at radius 2 is 1.54 bits per heavy atom. The SMILES string of the molecule is CCCCCCOc1ccccc1C(=O)NNC(=O)c1ccccc1[N+](=O)[O-]. The molecule has 0 fully saturated rings. The number of carbonyl (C=O) groups excluding carboxylic acids is 2. The molecular weight excluding hydrogens is 362 g/mol. The first-order valence-electron chi connectivity index (χ1n) is 9.10. The number of nitro groups is 1. The van der Waals surface area contributed by atoms with E-state index >= 15 is 0 Å². The predicted octanol–water partition coefficient (Wildman–Crippen LogP) is 3.63. The number of amides is 2. The van der Waals surface area contributed by atoms with Crippen LogP contribution < -0.4 is 15.6 Å². The molecule has 0 saturated carbocycles. The molecule has 8 nitrogen and oxygen atoms in total. The first-order chi connectivity index (χ1) is 13.5. The second-order valence-electron chi connectivity index (χ2n) is 6.09. The molecule has 2 aromatic rings. The Balaban J connectivity index is 1.98. The lowest BCUT2D eigenvalue weighted by Crippen LogP contribution is -2.42. The summed E-state index contributed by atoms with van der Waals surface area (Å²) < 4.78 is 5.68. The third kappa shape index (κ3) is 5.80. The highest BCUT2D eigenvalue weighted by Crippen LogP contribution is 2.19. The standard InChI is InChI=1S/C20H23N3O5/c1-2-3-4-9-14-28-18-13-8-6-11-16(18)20(25)22-21-19(24)15-10-5-7-12-17(15)23(26)27/h5-8,10-13H,2-4,9,14H2,1H3,(H,21,24)(H,22,25). The number of benzene rings is 2. The van der Waals surface area contributed by atoms with E-state index in [-0.39, 0.29) is 16.8 Å². The fourth-order valence-electron chi connectivity index (χ4n) is 2.56. The quantitative estimate of drug-likeness (QED) is 0.389. The molecule has 0 unspecified atom stereocenters. The van der Waals surface area contributed by atoms with Crippen LogP contribution in [0.25, 0.3) is 0 Å². The largest absolute Gasteiger partial charge is 0.493 e. The Labute approximate surface area is 163 Å². The normalized spacial score (nSPS) is 10.2. The Bertz CT molecular complexity index is 838. The number of hydrazine groups is 1. The summed E-state index contributed by atoms with van der Waals surface area (Å²) in [4.78, 5) is 35.0. The van der Waals surface area contributed by atoms with E-state index < -0.39 is 16.7 Å². The molecule has 8 heteroatoms. The number of nitrogens with one attached hydrogen (secondary N) is 2. The summed E-state index contributed by atoms with van der Waals surface area (Å²) in [6.07, 6.45) is 4.19. The number of rotatable bonds is 9. The Morgan fingerprint density at radius 1 is 0.929 bits per heavy atom. The fraction of sp³-hybridized carbons (Fsp3) is 0.300. The average Bonchev–Trinajstić information content (AvgIpc) is 2.71. The molecule has 28 heavy (non-hydrogen) atoms. The molecule has 148 valence electrons. The van der Waals surface area contributed by atoms with Gasteiger partial charge in [0, 0.05) is 6.07 Å². The van der Waals surface area contributed by atoms with Crippen LogP contribution in [0.15, 0.2) is 48.5 Å². The van der Waals surface area contributed by atoms with Crippen molar-refractivity contribution in [2.75, 3.05) is 6.61 Å². The van der Waals surface area contributed by atoms with E-state index in [0.29, 0.717) is 12.4 Å². The minimum absolute atomic E-state index is 0.145. The molecule has 2 N–H and O–H groups in total. The number of nitro benzene ring substituents is 1. The number of hydrogen-bond donors (Lipinski definition) is 2. The number of carbonyl (C=O) groups is 2. The highest BCUT2D eigenvalue weighted by Gasteiger charge is 2.20. The fourth-order valence-corrected chi connectivity index (χ4v) is 2.56. The monoisotopic (exact) mass is 385 g/mol. The topological polar surface area (TPSA) is 111 Å². The molecule has 0 radical (unpaired) electrons. The molecule has 2 aromatic carbocycles. The Hall–Kier alpha value is -3.42. The maximum Gasteiger partial charge on any atom is 0.282 e. The van der Waals surface area contributed by atoms with Crippen LogP contribution in [-0.4, -0.2) is 23.3 Å². The molecule has 0 saturated heterocycles. The molecule has 2 rings (SSSR count). The zero-order valence-electron chi connectivity index (χ0n) is 15.6. The van der Waals surface area contributed by atoms with Gasteiger partial charge in [-0.3, -0.25) is 30.6 Å². The zero-order valence-corrected chi connectivity index (χ0v) is 15.6. The van der Waals surface area contributed by atoms with Gasteiger partial charge in [0.2, 0.25) is 0 Å². The Kier molecular flexibility index (Phi) is 7.95. The molecular formula is C20H23N3O5. The van der Waals surface area contributed by atoms with Crippen molar-refractivity contribution in [1.29, 1.82) is 0 Å². The third-order valence-electron chi connectivity index (χ3n) is 4.02. The molecule has 2 amide bonds.